The van der Waals surface area contributed by atoms with Crippen molar-refractivity contribution in [3.8, 4) is 0 Å². The number of halogens is 3. The molecule has 0 saturated carbocycles. The molecule has 0 bridgehead atoms. The Labute approximate surface area is 81.6 Å². The van der Waals surface area contributed by atoms with Crippen molar-refractivity contribution in [3.05, 3.63) is 11.6 Å². The smallest absolute Gasteiger partial charge is 0.166 e. The van der Waals surface area contributed by atoms with Gasteiger partial charge in [-0.05, 0) is 19.9 Å². The molecule has 1 rings (SSSR count). The molecule has 0 aromatic heterocycles. The second-order valence-electron chi connectivity index (χ2n) is 3.86. The predicted octanol–water partition coefficient (Wildman–Crippen LogP) is 3.04. The van der Waals surface area contributed by atoms with E-state index in [1.807, 2.05) is 0 Å². The highest BCUT2D eigenvalue weighted by atomic mass is 32.1. The maximum atomic E-state index is 12.9. The van der Waals surface area contributed by atoms with Gasteiger partial charge in [0.15, 0.2) is 12.3 Å². The van der Waals surface area contributed by atoms with E-state index in [4.69, 9.17) is 0 Å². The summed E-state index contributed by atoms with van der Waals surface area (Å²) >= 11 is 4.18. The van der Waals surface area contributed by atoms with E-state index < -0.39 is 23.3 Å². The van der Waals surface area contributed by atoms with E-state index in [0.29, 0.717) is 5.57 Å². The fourth-order valence-electron chi connectivity index (χ4n) is 1.33. The Hall–Kier alpha value is -0.120. The zero-order valence-corrected chi connectivity index (χ0v) is 8.49. The van der Waals surface area contributed by atoms with E-state index in [2.05, 4.69) is 12.6 Å². The Morgan fingerprint density at radius 2 is 1.92 bits per heavy atom. The molecule has 3 unspecified atom stereocenters. The van der Waals surface area contributed by atoms with Crippen LogP contribution in [0.4, 0.5) is 13.2 Å². The molecule has 0 heterocycles. The minimum Gasteiger partial charge on any atom is -0.244 e. The molecular weight excluding hydrogens is 197 g/mol. The summed E-state index contributed by atoms with van der Waals surface area (Å²) in [5, 5.41) is 0. The van der Waals surface area contributed by atoms with Crippen molar-refractivity contribution >= 4 is 12.6 Å². The largest absolute Gasteiger partial charge is 0.244 e. The Kier molecular flexibility index (Phi) is 3.00. The van der Waals surface area contributed by atoms with E-state index in [0.717, 1.165) is 6.08 Å². The number of hydrogen-bond acceptors (Lipinski definition) is 1. The van der Waals surface area contributed by atoms with Crippen molar-refractivity contribution in [2.45, 2.75) is 43.5 Å². The molecule has 13 heavy (non-hydrogen) atoms. The predicted molar refractivity (Wildman–Crippen MR) is 50.5 cm³/mol. The van der Waals surface area contributed by atoms with Gasteiger partial charge in [-0.1, -0.05) is 5.57 Å². The summed E-state index contributed by atoms with van der Waals surface area (Å²) < 4.78 is 37.9. The van der Waals surface area contributed by atoms with Crippen LogP contribution in [0.5, 0.6) is 0 Å². The Bertz CT molecular complexity index is 219. The maximum Gasteiger partial charge on any atom is 0.166 e. The highest BCUT2D eigenvalue weighted by molar-refractivity contribution is 7.82. The van der Waals surface area contributed by atoms with Gasteiger partial charge >= 0.3 is 0 Å². The molecule has 0 saturated heterocycles. The molecule has 0 aromatic carbocycles. The first-order chi connectivity index (χ1) is 5.82. The Balaban J connectivity index is 2.85. The van der Waals surface area contributed by atoms with Gasteiger partial charge in [0.2, 0.25) is 0 Å². The van der Waals surface area contributed by atoms with Crippen LogP contribution in [-0.4, -0.2) is 23.3 Å². The summed E-state index contributed by atoms with van der Waals surface area (Å²) in [7, 11) is 0. The third kappa shape index (κ3) is 2.42. The van der Waals surface area contributed by atoms with Crippen LogP contribution >= 0.6 is 12.6 Å². The summed E-state index contributed by atoms with van der Waals surface area (Å²) in [5.74, 6) is 0. The quantitative estimate of drug-likeness (QED) is 0.499. The second-order valence-corrected chi connectivity index (χ2v) is 4.98. The van der Waals surface area contributed by atoms with E-state index in [9.17, 15) is 13.2 Å². The van der Waals surface area contributed by atoms with E-state index in [1.54, 1.807) is 13.8 Å². The number of rotatable bonds is 1. The molecule has 4 heteroatoms. The van der Waals surface area contributed by atoms with E-state index >= 15 is 0 Å². The van der Waals surface area contributed by atoms with Crippen molar-refractivity contribution in [1.29, 1.82) is 0 Å². The van der Waals surface area contributed by atoms with Gasteiger partial charge in [0.25, 0.3) is 0 Å². The summed E-state index contributed by atoms with van der Waals surface area (Å²) in [6.07, 6.45) is -4.49. The van der Waals surface area contributed by atoms with E-state index in [-0.39, 0.29) is 6.42 Å². The molecule has 0 aromatic rings. The van der Waals surface area contributed by atoms with Gasteiger partial charge in [0.05, 0.1) is 0 Å². The van der Waals surface area contributed by atoms with Gasteiger partial charge in [-0.25, -0.2) is 13.2 Å². The number of thiol groups is 1. The summed E-state index contributed by atoms with van der Waals surface area (Å²) in [4.78, 5) is 0. The Morgan fingerprint density at radius 1 is 1.38 bits per heavy atom. The van der Waals surface area contributed by atoms with Gasteiger partial charge < -0.3 is 0 Å². The number of hydrogen-bond donors (Lipinski definition) is 1. The first-order valence-electron chi connectivity index (χ1n) is 4.18. The van der Waals surface area contributed by atoms with E-state index in [1.165, 1.54) is 0 Å². The SMILES string of the molecule is CC(C)(S)C1=CC(F)C(F)C(F)C1. The monoisotopic (exact) mass is 210 g/mol. The van der Waals surface area contributed by atoms with Gasteiger partial charge in [-0.3, -0.25) is 0 Å². The molecule has 0 nitrogen and oxygen atoms in total. The maximum absolute atomic E-state index is 12.9. The topological polar surface area (TPSA) is 0 Å². The van der Waals surface area contributed by atoms with Crippen molar-refractivity contribution < 1.29 is 13.2 Å². The van der Waals surface area contributed by atoms with Crippen molar-refractivity contribution in [1.82, 2.24) is 0 Å². The number of alkyl halides is 3. The van der Waals surface area contributed by atoms with Crippen LogP contribution in [0.3, 0.4) is 0 Å². The minimum absolute atomic E-state index is 0.0575. The lowest BCUT2D eigenvalue weighted by Crippen LogP contribution is -2.35. The molecule has 0 N–H and O–H groups in total. The highest BCUT2D eigenvalue weighted by Crippen LogP contribution is 2.35. The first kappa shape index (κ1) is 11.0. The normalized spacial score (nSPS) is 35.8. The average Bonchev–Trinajstić information content (AvgIpc) is 1.97. The van der Waals surface area contributed by atoms with Crippen LogP contribution in [-0.2, 0) is 0 Å². The minimum atomic E-state index is -2.01. The molecule has 0 spiro atoms. The summed E-state index contributed by atoms with van der Waals surface area (Å²) in [5.41, 5.74) is 0.532. The second kappa shape index (κ2) is 3.56. The summed E-state index contributed by atoms with van der Waals surface area (Å²) in [6, 6.07) is 0. The van der Waals surface area contributed by atoms with Gasteiger partial charge in [0.1, 0.15) is 6.17 Å². The molecular formula is C9H13F3S. The lowest BCUT2D eigenvalue weighted by molar-refractivity contribution is 0.0932. The van der Waals surface area contributed by atoms with Crippen LogP contribution in [0, 0.1) is 0 Å². The standard InChI is InChI=1S/C9H13F3S/c1-9(2,13)5-3-6(10)8(12)7(11)4-5/h3,6-8,13H,4H2,1-2H3. The van der Waals surface area contributed by atoms with Crippen LogP contribution in [0.1, 0.15) is 20.3 Å². The summed E-state index contributed by atoms with van der Waals surface area (Å²) in [6.45, 7) is 3.47. The van der Waals surface area contributed by atoms with Crippen LogP contribution in [0.2, 0.25) is 0 Å². The lowest BCUT2D eigenvalue weighted by Gasteiger charge is -2.30. The molecule has 1 aliphatic rings. The molecule has 0 radical (unpaired) electrons. The molecule has 0 fully saturated rings. The Morgan fingerprint density at radius 3 is 2.31 bits per heavy atom. The van der Waals surface area contributed by atoms with Crippen molar-refractivity contribution in [2.75, 3.05) is 0 Å². The molecule has 3 atom stereocenters. The van der Waals surface area contributed by atoms with Gasteiger partial charge in [-0.15, -0.1) is 0 Å². The first-order valence-corrected chi connectivity index (χ1v) is 4.63. The molecule has 0 amide bonds. The zero-order chi connectivity index (χ0) is 10.2. The fourth-order valence-corrected chi connectivity index (χ4v) is 1.49. The lowest BCUT2D eigenvalue weighted by atomic mass is 9.88. The third-order valence-electron chi connectivity index (χ3n) is 2.21. The third-order valence-corrected chi connectivity index (χ3v) is 2.50. The highest BCUT2D eigenvalue weighted by Gasteiger charge is 2.36. The zero-order valence-electron chi connectivity index (χ0n) is 7.60. The number of allylic oxidation sites excluding steroid dienone is 1. The van der Waals surface area contributed by atoms with Crippen LogP contribution in [0.25, 0.3) is 0 Å². The average molecular weight is 210 g/mol. The molecule has 0 aliphatic heterocycles. The van der Waals surface area contributed by atoms with Gasteiger partial charge in [-0.2, -0.15) is 12.6 Å². The van der Waals surface area contributed by atoms with Crippen LogP contribution < -0.4 is 0 Å². The van der Waals surface area contributed by atoms with Crippen molar-refractivity contribution in [2.24, 2.45) is 0 Å². The van der Waals surface area contributed by atoms with Gasteiger partial charge in [0, 0.05) is 11.2 Å². The fraction of sp³-hybridized carbons (Fsp3) is 0.778. The van der Waals surface area contributed by atoms with Crippen LogP contribution in [0.15, 0.2) is 11.6 Å². The molecule has 1 aliphatic carbocycles. The molecule has 76 valence electrons. The van der Waals surface area contributed by atoms with Crippen molar-refractivity contribution in [3.63, 3.8) is 0 Å².